The SMILES string of the molecule is C=C(Cl)CSc1n[nH]c(/C=C/c2ccc(F)cc2)n1. The van der Waals surface area contributed by atoms with Crippen molar-refractivity contribution in [3.63, 3.8) is 0 Å². The Morgan fingerprint density at radius 3 is 2.79 bits per heavy atom. The molecule has 2 aromatic rings. The molecule has 0 aliphatic carbocycles. The van der Waals surface area contributed by atoms with Gasteiger partial charge in [0.2, 0.25) is 5.16 Å². The number of hydrogen-bond acceptors (Lipinski definition) is 3. The van der Waals surface area contributed by atoms with Crippen LogP contribution in [0.15, 0.2) is 41.0 Å². The molecular weight excluding hydrogens is 285 g/mol. The Bertz CT molecular complexity index is 592. The van der Waals surface area contributed by atoms with Gasteiger partial charge in [0.25, 0.3) is 0 Å². The van der Waals surface area contributed by atoms with Crippen LogP contribution in [0.4, 0.5) is 4.39 Å². The molecule has 1 heterocycles. The van der Waals surface area contributed by atoms with Crippen LogP contribution in [0.2, 0.25) is 0 Å². The monoisotopic (exact) mass is 295 g/mol. The van der Waals surface area contributed by atoms with Crippen LogP contribution in [0, 0.1) is 5.82 Å². The van der Waals surface area contributed by atoms with Crippen molar-refractivity contribution in [2.24, 2.45) is 0 Å². The number of aromatic nitrogens is 3. The minimum absolute atomic E-state index is 0.253. The largest absolute Gasteiger partial charge is 0.259 e. The van der Waals surface area contributed by atoms with Crippen LogP contribution < -0.4 is 0 Å². The molecule has 0 saturated carbocycles. The van der Waals surface area contributed by atoms with Crippen molar-refractivity contribution < 1.29 is 4.39 Å². The van der Waals surface area contributed by atoms with Gasteiger partial charge in [-0.05, 0) is 23.8 Å². The molecule has 19 heavy (non-hydrogen) atoms. The highest BCUT2D eigenvalue weighted by Gasteiger charge is 2.01. The van der Waals surface area contributed by atoms with Crippen LogP contribution in [0.25, 0.3) is 12.2 Å². The van der Waals surface area contributed by atoms with E-state index in [2.05, 4.69) is 21.8 Å². The van der Waals surface area contributed by atoms with Gasteiger partial charge in [-0.1, -0.05) is 48.2 Å². The smallest absolute Gasteiger partial charge is 0.209 e. The van der Waals surface area contributed by atoms with Gasteiger partial charge in [-0.15, -0.1) is 5.10 Å². The Morgan fingerprint density at radius 1 is 1.37 bits per heavy atom. The molecule has 0 radical (unpaired) electrons. The topological polar surface area (TPSA) is 41.6 Å². The van der Waals surface area contributed by atoms with Gasteiger partial charge in [-0.25, -0.2) is 9.37 Å². The van der Waals surface area contributed by atoms with Crippen molar-refractivity contribution in [3.8, 4) is 0 Å². The summed E-state index contributed by atoms with van der Waals surface area (Å²) in [5, 5.41) is 7.99. The fourth-order valence-corrected chi connectivity index (χ4v) is 2.01. The quantitative estimate of drug-likeness (QED) is 0.849. The second kappa shape index (κ2) is 6.54. The normalized spacial score (nSPS) is 11.1. The van der Waals surface area contributed by atoms with Crippen molar-refractivity contribution in [3.05, 3.63) is 53.1 Å². The average Bonchev–Trinajstić information content (AvgIpc) is 2.84. The van der Waals surface area contributed by atoms with E-state index in [1.54, 1.807) is 18.2 Å². The zero-order valence-electron chi connectivity index (χ0n) is 9.94. The van der Waals surface area contributed by atoms with Crippen LogP contribution in [-0.2, 0) is 0 Å². The number of H-pyrrole nitrogens is 1. The standard InChI is InChI=1S/C13H11ClFN3S/c1-9(14)8-19-13-16-12(17-18-13)7-4-10-2-5-11(15)6-3-10/h2-7H,1,8H2,(H,16,17,18)/b7-4+. The lowest BCUT2D eigenvalue weighted by atomic mass is 10.2. The number of benzene rings is 1. The molecular formula is C13H11ClFN3S. The second-order valence-corrected chi connectivity index (χ2v) is 5.17. The summed E-state index contributed by atoms with van der Waals surface area (Å²) in [7, 11) is 0. The molecule has 0 amide bonds. The molecule has 0 aliphatic heterocycles. The molecule has 98 valence electrons. The van der Waals surface area contributed by atoms with E-state index in [1.165, 1.54) is 23.9 Å². The third-order valence-electron chi connectivity index (χ3n) is 2.14. The van der Waals surface area contributed by atoms with E-state index in [9.17, 15) is 4.39 Å². The third kappa shape index (κ3) is 4.54. The number of rotatable bonds is 5. The first-order valence-corrected chi connectivity index (χ1v) is 6.82. The van der Waals surface area contributed by atoms with Gasteiger partial charge in [0.05, 0.1) is 0 Å². The first-order valence-electron chi connectivity index (χ1n) is 5.45. The lowest BCUT2D eigenvalue weighted by molar-refractivity contribution is 0.628. The minimum Gasteiger partial charge on any atom is -0.259 e. The zero-order valence-corrected chi connectivity index (χ0v) is 11.5. The van der Waals surface area contributed by atoms with Crippen molar-refractivity contribution in [2.45, 2.75) is 5.16 Å². The Hall–Kier alpha value is -1.59. The molecule has 0 saturated heterocycles. The van der Waals surface area contributed by atoms with E-state index in [4.69, 9.17) is 11.6 Å². The van der Waals surface area contributed by atoms with Crippen LogP contribution in [0.1, 0.15) is 11.4 Å². The van der Waals surface area contributed by atoms with E-state index < -0.39 is 0 Å². The summed E-state index contributed by atoms with van der Waals surface area (Å²) in [5.74, 6) is 0.948. The third-order valence-corrected chi connectivity index (χ3v) is 3.37. The van der Waals surface area contributed by atoms with Crippen molar-refractivity contribution in [1.82, 2.24) is 15.2 Å². The minimum atomic E-state index is -0.253. The lowest BCUT2D eigenvalue weighted by Gasteiger charge is -1.92. The lowest BCUT2D eigenvalue weighted by Crippen LogP contribution is -1.79. The molecule has 0 aliphatic rings. The van der Waals surface area contributed by atoms with Crippen molar-refractivity contribution in [2.75, 3.05) is 5.75 Å². The van der Waals surface area contributed by atoms with Crippen LogP contribution >= 0.6 is 23.4 Å². The van der Waals surface area contributed by atoms with Crippen LogP contribution in [0.3, 0.4) is 0 Å². The zero-order chi connectivity index (χ0) is 13.7. The maximum atomic E-state index is 12.7. The summed E-state index contributed by atoms with van der Waals surface area (Å²) >= 11 is 7.07. The number of halogens is 2. The van der Waals surface area contributed by atoms with E-state index in [-0.39, 0.29) is 5.82 Å². The maximum absolute atomic E-state index is 12.7. The summed E-state index contributed by atoms with van der Waals surface area (Å²) in [6, 6.07) is 6.20. The molecule has 0 atom stereocenters. The molecule has 1 aromatic carbocycles. The van der Waals surface area contributed by atoms with Gasteiger partial charge >= 0.3 is 0 Å². The van der Waals surface area contributed by atoms with Gasteiger partial charge in [0, 0.05) is 10.8 Å². The number of hydrogen-bond donors (Lipinski definition) is 1. The fourth-order valence-electron chi connectivity index (χ4n) is 1.29. The average molecular weight is 296 g/mol. The predicted molar refractivity (Wildman–Crippen MR) is 77.4 cm³/mol. The summed E-state index contributed by atoms with van der Waals surface area (Å²) in [4.78, 5) is 4.25. The molecule has 2 rings (SSSR count). The van der Waals surface area contributed by atoms with Gasteiger partial charge in [-0.3, -0.25) is 5.10 Å². The Morgan fingerprint density at radius 2 is 2.11 bits per heavy atom. The Labute approximate surface area is 119 Å². The molecule has 0 bridgehead atoms. The predicted octanol–water partition coefficient (Wildman–Crippen LogP) is 3.96. The number of nitrogens with zero attached hydrogens (tertiary/aromatic N) is 2. The van der Waals surface area contributed by atoms with E-state index in [0.717, 1.165) is 5.56 Å². The van der Waals surface area contributed by atoms with Gasteiger partial charge in [0.15, 0.2) is 0 Å². The fraction of sp³-hybridized carbons (Fsp3) is 0.0769. The summed E-state index contributed by atoms with van der Waals surface area (Å²) in [5.41, 5.74) is 0.890. The van der Waals surface area contributed by atoms with E-state index >= 15 is 0 Å². The van der Waals surface area contributed by atoms with Gasteiger partial charge in [0.1, 0.15) is 11.6 Å². The highest BCUT2D eigenvalue weighted by atomic mass is 35.5. The Kier molecular flexibility index (Phi) is 4.76. The number of thioether (sulfide) groups is 1. The molecule has 0 fully saturated rings. The molecule has 1 aromatic heterocycles. The molecule has 1 N–H and O–H groups in total. The van der Waals surface area contributed by atoms with Gasteiger partial charge < -0.3 is 0 Å². The highest BCUT2D eigenvalue weighted by Crippen LogP contribution is 2.17. The molecule has 6 heteroatoms. The van der Waals surface area contributed by atoms with Crippen LogP contribution in [-0.4, -0.2) is 20.9 Å². The van der Waals surface area contributed by atoms with E-state index in [1.807, 2.05) is 6.08 Å². The first kappa shape index (κ1) is 13.8. The summed E-state index contributed by atoms with van der Waals surface area (Å²) in [6.07, 6.45) is 3.61. The second-order valence-electron chi connectivity index (χ2n) is 3.69. The Balaban J connectivity index is 1.99. The first-order chi connectivity index (χ1) is 9.13. The van der Waals surface area contributed by atoms with Crippen molar-refractivity contribution in [1.29, 1.82) is 0 Å². The summed E-state index contributed by atoms with van der Waals surface area (Å²) in [6.45, 7) is 3.59. The molecule has 3 nitrogen and oxygen atoms in total. The maximum Gasteiger partial charge on any atom is 0.209 e. The van der Waals surface area contributed by atoms with Crippen molar-refractivity contribution >= 4 is 35.5 Å². The summed E-state index contributed by atoms with van der Waals surface area (Å²) < 4.78 is 12.7. The van der Waals surface area contributed by atoms with E-state index in [0.29, 0.717) is 21.8 Å². The molecule has 0 unspecified atom stereocenters. The highest BCUT2D eigenvalue weighted by molar-refractivity contribution is 7.99. The van der Waals surface area contributed by atoms with Gasteiger partial charge in [-0.2, -0.15) is 0 Å². The number of aromatic amines is 1. The number of nitrogens with one attached hydrogen (secondary N) is 1. The molecule has 0 spiro atoms. The van der Waals surface area contributed by atoms with Crippen LogP contribution in [0.5, 0.6) is 0 Å².